The van der Waals surface area contributed by atoms with Gasteiger partial charge in [-0.05, 0) is 5.56 Å². The summed E-state index contributed by atoms with van der Waals surface area (Å²) in [5.74, 6) is -0.0372. The summed E-state index contributed by atoms with van der Waals surface area (Å²) in [5, 5.41) is 4.08. The van der Waals surface area contributed by atoms with E-state index in [0.29, 0.717) is 13.2 Å². The van der Waals surface area contributed by atoms with Crippen LogP contribution >= 0.6 is 0 Å². The average molecular weight is 273 g/mol. The van der Waals surface area contributed by atoms with Crippen molar-refractivity contribution in [3.63, 3.8) is 0 Å². The van der Waals surface area contributed by atoms with E-state index in [-0.39, 0.29) is 12.5 Å². The Hall–Kier alpha value is -2.14. The quantitative estimate of drug-likeness (QED) is 0.803. The molecule has 0 spiro atoms. The van der Waals surface area contributed by atoms with Gasteiger partial charge in [0.25, 0.3) is 0 Å². The molecule has 0 saturated carbocycles. The Morgan fingerprint density at radius 2 is 2.05 bits per heavy atom. The summed E-state index contributed by atoms with van der Waals surface area (Å²) in [6, 6.07) is 9.81. The van der Waals surface area contributed by atoms with Gasteiger partial charge in [-0.1, -0.05) is 30.3 Å². The van der Waals surface area contributed by atoms with Gasteiger partial charge in [-0.15, -0.1) is 0 Å². The third kappa shape index (κ3) is 4.20. The van der Waals surface area contributed by atoms with E-state index in [4.69, 9.17) is 4.74 Å². The summed E-state index contributed by atoms with van der Waals surface area (Å²) in [6.07, 6.45) is 3.66. The third-order valence-electron chi connectivity index (χ3n) is 2.94. The number of carbonyl (C=O) groups excluding carboxylic acids is 1. The summed E-state index contributed by atoms with van der Waals surface area (Å²) in [6.45, 7) is 1.08. The molecule has 1 amide bonds. The third-order valence-corrected chi connectivity index (χ3v) is 2.94. The minimum Gasteiger partial charge on any atom is -0.367 e. The van der Waals surface area contributed by atoms with Gasteiger partial charge in [0, 0.05) is 32.4 Å². The number of carbonyl (C=O) groups is 1. The van der Waals surface area contributed by atoms with Crippen molar-refractivity contribution in [3.05, 3.63) is 53.9 Å². The van der Waals surface area contributed by atoms with E-state index in [1.165, 1.54) is 0 Å². The fourth-order valence-electron chi connectivity index (χ4n) is 1.86. The lowest BCUT2D eigenvalue weighted by Gasteiger charge is -2.16. The molecular weight excluding hydrogens is 254 g/mol. The fraction of sp³-hybridized carbons (Fsp3) is 0.333. The minimum atomic E-state index is -0.0372. The van der Waals surface area contributed by atoms with E-state index in [2.05, 4.69) is 5.10 Å². The molecule has 2 rings (SSSR count). The van der Waals surface area contributed by atoms with Crippen molar-refractivity contribution in [2.45, 2.75) is 13.2 Å². The maximum atomic E-state index is 11.9. The first-order valence-electron chi connectivity index (χ1n) is 6.48. The van der Waals surface area contributed by atoms with Gasteiger partial charge in [-0.2, -0.15) is 5.10 Å². The second-order valence-corrected chi connectivity index (χ2v) is 4.75. The highest BCUT2D eigenvalue weighted by atomic mass is 16.5. The second-order valence-electron chi connectivity index (χ2n) is 4.75. The Bertz CT molecular complexity index is 551. The number of nitrogens with zero attached hydrogens (tertiary/aromatic N) is 3. The number of aryl methyl sites for hydroxylation is 1. The molecule has 1 aromatic carbocycles. The predicted octanol–water partition coefficient (Wildman–Crippen LogP) is 1.60. The smallest absolute Gasteiger partial charge is 0.248 e. The van der Waals surface area contributed by atoms with Crippen molar-refractivity contribution in [1.82, 2.24) is 14.7 Å². The number of ether oxygens (including phenoxy) is 1. The van der Waals surface area contributed by atoms with Crippen molar-refractivity contribution >= 4 is 5.91 Å². The Labute approximate surface area is 118 Å². The van der Waals surface area contributed by atoms with Gasteiger partial charge in [0.15, 0.2) is 0 Å². The minimum absolute atomic E-state index is 0.0372. The number of aromatic nitrogens is 2. The lowest BCUT2D eigenvalue weighted by molar-refractivity contribution is -0.135. The first-order valence-corrected chi connectivity index (χ1v) is 6.48. The van der Waals surface area contributed by atoms with Gasteiger partial charge in [0.1, 0.15) is 6.61 Å². The maximum Gasteiger partial charge on any atom is 0.248 e. The highest BCUT2D eigenvalue weighted by Crippen LogP contribution is 2.03. The van der Waals surface area contributed by atoms with Crippen LogP contribution in [0.3, 0.4) is 0 Å². The summed E-state index contributed by atoms with van der Waals surface area (Å²) in [4.78, 5) is 13.6. The lowest BCUT2D eigenvalue weighted by atomic mass is 10.2. The van der Waals surface area contributed by atoms with Crippen molar-refractivity contribution in [1.29, 1.82) is 0 Å². The predicted molar refractivity (Wildman–Crippen MR) is 75.8 cm³/mol. The molecule has 0 aliphatic carbocycles. The molecule has 5 nitrogen and oxygen atoms in total. The second kappa shape index (κ2) is 6.86. The SMILES string of the molecule is CN(Cc1cnn(C)c1)C(=O)COCc1ccccc1. The zero-order chi connectivity index (χ0) is 14.4. The van der Waals surface area contributed by atoms with Crippen molar-refractivity contribution in [2.75, 3.05) is 13.7 Å². The van der Waals surface area contributed by atoms with Gasteiger partial charge < -0.3 is 9.64 Å². The Balaban J connectivity index is 1.74. The van der Waals surface area contributed by atoms with E-state index in [1.807, 2.05) is 43.6 Å². The largest absolute Gasteiger partial charge is 0.367 e. The number of rotatable bonds is 6. The highest BCUT2D eigenvalue weighted by molar-refractivity contribution is 5.77. The van der Waals surface area contributed by atoms with E-state index in [0.717, 1.165) is 11.1 Å². The first kappa shape index (κ1) is 14.3. The highest BCUT2D eigenvalue weighted by Gasteiger charge is 2.10. The number of hydrogen-bond donors (Lipinski definition) is 0. The molecule has 1 heterocycles. The van der Waals surface area contributed by atoms with Gasteiger partial charge in [0.05, 0.1) is 12.8 Å². The Morgan fingerprint density at radius 1 is 1.30 bits per heavy atom. The molecule has 0 saturated heterocycles. The standard InChI is InChI=1S/C15H19N3O2/c1-17(9-14-8-16-18(2)10-14)15(19)12-20-11-13-6-4-3-5-7-13/h3-8,10H,9,11-12H2,1-2H3. The molecule has 0 unspecified atom stereocenters. The van der Waals surface area contributed by atoms with Crippen molar-refractivity contribution in [2.24, 2.45) is 7.05 Å². The van der Waals surface area contributed by atoms with Gasteiger partial charge in [-0.3, -0.25) is 9.48 Å². The molecule has 106 valence electrons. The number of likely N-dealkylation sites (N-methyl/N-ethyl adjacent to an activating group) is 1. The molecule has 0 N–H and O–H groups in total. The summed E-state index contributed by atoms with van der Waals surface area (Å²) in [5.41, 5.74) is 2.07. The molecule has 0 radical (unpaired) electrons. The summed E-state index contributed by atoms with van der Waals surface area (Å²) in [7, 11) is 3.62. The Morgan fingerprint density at radius 3 is 2.70 bits per heavy atom. The number of benzene rings is 1. The molecule has 2 aromatic rings. The van der Waals surface area contributed by atoms with Crippen LogP contribution in [0, 0.1) is 0 Å². The topological polar surface area (TPSA) is 47.4 Å². The number of amides is 1. The normalized spacial score (nSPS) is 10.5. The van der Waals surface area contributed by atoms with Crippen LogP contribution < -0.4 is 0 Å². The van der Waals surface area contributed by atoms with Crippen LogP contribution in [0.2, 0.25) is 0 Å². The van der Waals surface area contributed by atoms with Crippen LogP contribution in [-0.4, -0.2) is 34.2 Å². The molecule has 0 bridgehead atoms. The number of hydrogen-bond acceptors (Lipinski definition) is 3. The van der Waals surface area contributed by atoms with Crippen molar-refractivity contribution in [3.8, 4) is 0 Å². The van der Waals surface area contributed by atoms with Crippen LogP contribution in [0.25, 0.3) is 0 Å². The van der Waals surface area contributed by atoms with Crippen molar-refractivity contribution < 1.29 is 9.53 Å². The molecular formula is C15H19N3O2. The van der Waals surface area contributed by atoms with E-state index < -0.39 is 0 Å². The maximum absolute atomic E-state index is 11.9. The van der Waals surface area contributed by atoms with Crippen LogP contribution in [0.5, 0.6) is 0 Å². The molecule has 0 aliphatic rings. The lowest BCUT2D eigenvalue weighted by Crippen LogP contribution is -2.29. The summed E-state index contributed by atoms with van der Waals surface area (Å²) >= 11 is 0. The van der Waals surface area contributed by atoms with Gasteiger partial charge in [-0.25, -0.2) is 0 Å². The molecule has 0 fully saturated rings. The van der Waals surface area contributed by atoms with Crippen LogP contribution in [0.15, 0.2) is 42.7 Å². The Kier molecular flexibility index (Phi) is 4.90. The molecule has 1 aromatic heterocycles. The summed E-state index contributed by atoms with van der Waals surface area (Å²) < 4.78 is 7.16. The van der Waals surface area contributed by atoms with E-state index >= 15 is 0 Å². The molecule has 20 heavy (non-hydrogen) atoms. The van der Waals surface area contributed by atoms with Crippen LogP contribution in [0.1, 0.15) is 11.1 Å². The average Bonchev–Trinajstić information content (AvgIpc) is 2.85. The molecule has 0 aliphatic heterocycles. The van der Waals surface area contributed by atoms with Gasteiger partial charge >= 0.3 is 0 Å². The van der Waals surface area contributed by atoms with Gasteiger partial charge in [0.2, 0.25) is 5.91 Å². The van der Waals surface area contributed by atoms with E-state index in [1.54, 1.807) is 22.8 Å². The molecule has 0 atom stereocenters. The van der Waals surface area contributed by atoms with Crippen LogP contribution in [-0.2, 0) is 29.7 Å². The van der Waals surface area contributed by atoms with E-state index in [9.17, 15) is 4.79 Å². The molecule has 5 heteroatoms. The monoisotopic (exact) mass is 273 g/mol. The first-order chi connectivity index (χ1) is 9.65. The van der Waals surface area contributed by atoms with Crippen LogP contribution in [0.4, 0.5) is 0 Å². The zero-order valence-corrected chi connectivity index (χ0v) is 11.8. The zero-order valence-electron chi connectivity index (χ0n) is 11.8. The fourth-order valence-corrected chi connectivity index (χ4v) is 1.86.